The van der Waals surface area contributed by atoms with Gasteiger partial charge >= 0.3 is 0 Å². The summed E-state index contributed by atoms with van der Waals surface area (Å²) in [5.74, 6) is 0.857. The molecule has 18 heavy (non-hydrogen) atoms. The minimum atomic E-state index is 0.533. The largest absolute Gasteiger partial charge is 0.381 e. The van der Waals surface area contributed by atoms with Gasteiger partial charge in [0.1, 0.15) is 6.07 Å². The third-order valence-electron chi connectivity index (χ3n) is 3.73. The summed E-state index contributed by atoms with van der Waals surface area (Å²) < 4.78 is 0. The fourth-order valence-corrected chi connectivity index (χ4v) is 3.14. The lowest BCUT2D eigenvalue weighted by Crippen LogP contribution is -2.25. The van der Waals surface area contributed by atoms with Crippen LogP contribution in [0.4, 0.5) is 5.69 Å². The molecule has 1 saturated carbocycles. The summed E-state index contributed by atoms with van der Waals surface area (Å²) in [6.07, 6.45) is 7.04. The maximum atomic E-state index is 9.30. The van der Waals surface area contributed by atoms with Crippen LogP contribution in [0, 0.1) is 17.2 Å². The van der Waals surface area contributed by atoms with Gasteiger partial charge in [0.25, 0.3) is 0 Å². The van der Waals surface area contributed by atoms with Gasteiger partial charge in [-0.15, -0.1) is 11.8 Å². The highest BCUT2D eigenvalue weighted by molar-refractivity contribution is 7.98. The molecule has 1 aliphatic rings. The molecule has 0 aliphatic heterocycles. The zero-order valence-electron chi connectivity index (χ0n) is 11.1. The minimum Gasteiger partial charge on any atom is -0.381 e. The Bertz CT molecular complexity index is 442. The Labute approximate surface area is 114 Å². The lowest BCUT2D eigenvalue weighted by Gasteiger charge is -2.28. The summed E-state index contributed by atoms with van der Waals surface area (Å²) in [5.41, 5.74) is 1.80. The highest BCUT2D eigenvalue weighted by Crippen LogP contribution is 2.30. The number of hydrogen-bond acceptors (Lipinski definition) is 3. The van der Waals surface area contributed by atoms with Crippen LogP contribution in [0.5, 0.6) is 0 Å². The standard InChI is InChI=1S/C15H20N2S/c1-11-6-8-12(9-7-11)17-14-4-3-5-15(18-2)13(14)10-16/h3-5,11-12,17H,6-9H2,1-2H3. The molecular formula is C15H20N2S. The summed E-state index contributed by atoms with van der Waals surface area (Å²) in [6, 6.07) is 8.93. The van der Waals surface area contributed by atoms with E-state index in [4.69, 9.17) is 0 Å². The van der Waals surface area contributed by atoms with Gasteiger partial charge in [0.05, 0.1) is 11.3 Å². The normalized spacial score (nSPS) is 23.4. The molecule has 1 fully saturated rings. The molecule has 0 aromatic heterocycles. The Morgan fingerprint density at radius 1 is 1.28 bits per heavy atom. The van der Waals surface area contributed by atoms with E-state index in [1.165, 1.54) is 25.7 Å². The number of nitrogens with zero attached hydrogens (tertiary/aromatic N) is 1. The Morgan fingerprint density at radius 2 is 2.00 bits per heavy atom. The Kier molecular flexibility index (Phi) is 4.54. The number of thioether (sulfide) groups is 1. The fourth-order valence-electron chi connectivity index (χ4n) is 2.56. The molecule has 0 atom stereocenters. The van der Waals surface area contributed by atoms with Crippen molar-refractivity contribution in [2.75, 3.05) is 11.6 Å². The number of nitrogens with one attached hydrogen (secondary N) is 1. The Morgan fingerprint density at radius 3 is 2.61 bits per heavy atom. The molecule has 0 saturated heterocycles. The van der Waals surface area contributed by atoms with Crippen LogP contribution >= 0.6 is 11.8 Å². The number of benzene rings is 1. The molecule has 0 heterocycles. The Balaban J connectivity index is 2.12. The number of rotatable bonds is 3. The third kappa shape index (κ3) is 3.00. The van der Waals surface area contributed by atoms with E-state index in [1.54, 1.807) is 11.8 Å². The van der Waals surface area contributed by atoms with Crippen molar-refractivity contribution in [3.8, 4) is 6.07 Å². The van der Waals surface area contributed by atoms with Crippen LogP contribution in [-0.2, 0) is 0 Å². The van der Waals surface area contributed by atoms with Crippen molar-refractivity contribution in [1.29, 1.82) is 5.26 Å². The highest BCUT2D eigenvalue weighted by Gasteiger charge is 2.19. The lowest BCUT2D eigenvalue weighted by atomic mass is 9.87. The fraction of sp³-hybridized carbons (Fsp3) is 0.533. The van der Waals surface area contributed by atoms with E-state index in [9.17, 15) is 5.26 Å². The van der Waals surface area contributed by atoms with Crippen LogP contribution in [-0.4, -0.2) is 12.3 Å². The van der Waals surface area contributed by atoms with E-state index >= 15 is 0 Å². The third-order valence-corrected chi connectivity index (χ3v) is 4.51. The first-order chi connectivity index (χ1) is 8.74. The molecule has 0 unspecified atom stereocenters. The number of anilines is 1. The minimum absolute atomic E-state index is 0.533. The molecule has 0 radical (unpaired) electrons. The van der Waals surface area contributed by atoms with Crippen LogP contribution in [0.15, 0.2) is 23.1 Å². The van der Waals surface area contributed by atoms with Gasteiger partial charge in [-0.25, -0.2) is 0 Å². The van der Waals surface area contributed by atoms with Crippen LogP contribution in [0.1, 0.15) is 38.2 Å². The van der Waals surface area contributed by atoms with Gasteiger partial charge in [-0.3, -0.25) is 0 Å². The topological polar surface area (TPSA) is 35.8 Å². The quantitative estimate of drug-likeness (QED) is 0.824. The second-order valence-corrected chi connectivity index (χ2v) is 5.94. The van der Waals surface area contributed by atoms with E-state index in [0.717, 1.165) is 22.1 Å². The molecule has 2 rings (SSSR count). The molecule has 0 bridgehead atoms. The first-order valence-corrected chi connectivity index (χ1v) is 7.80. The SMILES string of the molecule is CSc1cccc(NC2CCC(C)CC2)c1C#N. The average molecular weight is 260 g/mol. The molecule has 1 aromatic carbocycles. The summed E-state index contributed by atoms with van der Waals surface area (Å²) in [7, 11) is 0. The first-order valence-electron chi connectivity index (χ1n) is 6.58. The molecule has 2 nitrogen and oxygen atoms in total. The predicted octanol–water partition coefficient (Wildman–Crippen LogP) is 4.27. The summed E-state index contributed by atoms with van der Waals surface area (Å²) in [5, 5.41) is 12.9. The average Bonchev–Trinajstić information content (AvgIpc) is 2.41. The van der Waals surface area contributed by atoms with Gasteiger partial charge in [-0.05, 0) is 50.0 Å². The van der Waals surface area contributed by atoms with E-state index < -0.39 is 0 Å². The molecule has 0 spiro atoms. The summed E-state index contributed by atoms with van der Waals surface area (Å²) in [4.78, 5) is 1.06. The van der Waals surface area contributed by atoms with Gasteiger partial charge in [0.15, 0.2) is 0 Å². The van der Waals surface area contributed by atoms with Crippen LogP contribution in [0.25, 0.3) is 0 Å². The van der Waals surface area contributed by atoms with Crippen molar-refractivity contribution in [2.24, 2.45) is 5.92 Å². The van der Waals surface area contributed by atoms with Crippen molar-refractivity contribution in [3.05, 3.63) is 23.8 Å². The molecular weight excluding hydrogens is 240 g/mol. The summed E-state index contributed by atoms with van der Waals surface area (Å²) in [6.45, 7) is 2.32. The van der Waals surface area contributed by atoms with Crippen molar-refractivity contribution < 1.29 is 0 Å². The maximum absolute atomic E-state index is 9.30. The lowest BCUT2D eigenvalue weighted by molar-refractivity contribution is 0.361. The predicted molar refractivity (Wildman–Crippen MR) is 78.0 cm³/mol. The maximum Gasteiger partial charge on any atom is 0.102 e. The van der Waals surface area contributed by atoms with E-state index in [0.29, 0.717) is 6.04 Å². The monoisotopic (exact) mass is 260 g/mol. The van der Waals surface area contributed by atoms with Crippen LogP contribution in [0.2, 0.25) is 0 Å². The van der Waals surface area contributed by atoms with Crippen molar-refractivity contribution in [1.82, 2.24) is 0 Å². The van der Waals surface area contributed by atoms with Crippen molar-refractivity contribution >= 4 is 17.4 Å². The van der Waals surface area contributed by atoms with E-state index in [-0.39, 0.29) is 0 Å². The molecule has 0 amide bonds. The number of nitriles is 1. The first kappa shape index (κ1) is 13.3. The van der Waals surface area contributed by atoms with Crippen LogP contribution in [0.3, 0.4) is 0 Å². The summed E-state index contributed by atoms with van der Waals surface area (Å²) >= 11 is 1.63. The van der Waals surface area contributed by atoms with Crippen molar-refractivity contribution in [3.63, 3.8) is 0 Å². The zero-order valence-corrected chi connectivity index (χ0v) is 11.9. The molecule has 1 aromatic rings. The Hall–Kier alpha value is -1.14. The van der Waals surface area contributed by atoms with Crippen LogP contribution < -0.4 is 5.32 Å². The smallest absolute Gasteiger partial charge is 0.102 e. The second-order valence-electron chi connectivity index (χ2n) is 5.10. The van der Waals surface area contributed by atoms with Crippen molar-refractivity contribution in [2.45, 2.75) is 43.5 Å². The van der Waals surface area contributed by atoms with Gasteiger partial charge in [0, 0.05) is 10.9 Å². The van der Waals surface area contributed by atoms with Gasteiger partial charge in [0.2, 0.25) is 0 Å². The molecule has 96 valence electrons. The zero-order chi connectivity index (χ0) is 13.0. The highest BCUT2D eigenvalue weighted by atomic mass is 32.2. The molecule has 1 N–H and O–H groups in total. The van der Waals surface area contributed by atoms with Gasteiger partial charge in [-0.2, -0.15) is 5.26 Å². The second kappa shape index (κ2) is 6.15. The number of hydrogen-bond donors (Lipinski definition) is 1. The van der Waals surface area contributed by atoms with E-state index in [2.05, 4.69) is 18.3 Å². The molecule has 3 heteroatoms. The molecule has 1 aliphatic carbocycles. The van der Waals surface area contributed by atoms with Gasteiger partial charge < -0.3 is 5.32 Å². The van der Waals surface area contributed by atoms with E-state index in [1.807, 2.05) is 24.5 Å². The van der Waals surface area contributed by atoms with Gasteiger partial charge in [-0.1, -0.05) is 13.0 Å².